The number of morpholine rings is 1. The molecule has 1 aliphatic heterocycles. The van der Waals surface area contributed by atoms with E-state index >= 15 is 0 Å². The summed E-state index contributed by atoms with van der Waals surface area (Å²) >= 11 is 0. The van der Waals surface area contributed by atoms with Crippen LogP contribution in [0, 0.1) is 0 Å². The number of amides is 1. The summed E-state index contributed by atoms with van der Waals surface area (Å²) in [7, 11) is -1.64. The first-order valence-corrected chi connectivity index (χ1v) is 10.0. The maximum absolute atomic E-state index is 12.7. The summed E-state index contributed by atoms with van der Waals surface area (Å²) in [5.74, 6) is 0.0158. The second-order valence-corrected chi connectivity index (χ2v) is 8.62. The van der Waals surface area contributed by atoms with Crippen LogP contribution in [0.4, 0.5) is 0 Å². The third kappa shape index (κ3) is 5.01. The second kappa shape index (κ2) is 7.82. The fraction of sp³-hybridized carbons (Fsp3) is 0.588. The molecule has 0 radical (unpaired) electrons. The SMILES string of the molecule is CN(CC(=O)NC1CC1)Cc1cccc(S(=O)(=O)N2CCOCC2)c1. The molecule has 25 heavy (non-hydrogen) atoms. The zero-order chi connectivity index (χ0) is 17.9. The van der Waals surface area contributed by atoms with Crippen LogP contribution in [0.2, 0.25) is 0 Å². The molecular formula is C17H25N3O4S. The van der Waals surface area contributed by atoms with E-state index in [0.717, 1.165) is 18.4 Å². The molecule has 3 rings (SSSR count). The Bertz CT molecular complexity index is 712. The summed E-state index contributed by atoms with van der Waals surface area (Å²) in [6.07, 6.45) is 2.13. The van der Waals surface area contributed by atoms with Gasteiger partial charge in [-0.1, -0.05) is 12.1 Å². The molecule has 0 atom stereocenters. The van der Waals surface area contributed by atoms with Crippen molar-refractivity contribution in [3.8, 4) is 0 Å². The Morgan fingerprint density at radius 2 is 2.04 bits per heavy atom. The molecule has 1 amide bonds. The molecule has 7 nitrogen and oxygen atoms in total. The highest BCUT2D eigenvalue weighted by atomic mass is 32.2. The topological polar surface area (TPSA) is 79.0 Å². The van der Waals surface area contributed by atoms with Crippen LogP contribution in [0.5, 0.6) is 0 Å². The zero-order valence-corrected chi connectivity index (χ0v) is 15.3. The van der Waals surface area contributed by atoms with E-state index in [0.29, 0.717) is 50.3 Å². The summed E-state index contributed by atoms with van der Waals surface area (Å²) in [5.41, 5.74) is 0.871. The summed E-state index contributed by atoms with van der Waals surface area (Å²) in [5, 5.41) is 2.95. The van der Waals surface area contributed by atoms with Gasteiger partial charge in [0.25, 0.3) is 0 Å². The molecule has 0 aromatic heterocycles. The van der Waals surface area contributed by atoms with Crippen molar-refractivity contribution in [2.75, 3.05) is 39.9 Å². The number of hydrogen-bond acceptors (Lipinski definition) is 5. The first-order chi connectivity index (χ1) is 11.9. The molecule has 1 aromatic carbocycles. The lowest BCUT2D eigenvalue weighted by atomic mass is 10.2. The average molecular weight is 367 g/mol. The predicted octanol–water partition coefficient (Wildman–Crippen LogP) is 0.418. The van der Waals surface area contributed by atoms with Gasteiger partial charge in [0.15, 0.2) is 0 Å². The summed E-state index contributed by atoms with van der Waals surface area (Å²) in [4.78, 5) is 14.0. The van der Waals surface area contributed by atoms with E-state index in [1.54, 1.807) is 18.2 Å². The van der Waals surface area contributed by atoms with Gasteiger partial charge in [0, 0.05) is 25.7 Å². The van der Waals surface area contributed by atoms with E-state index in [1.807, 2.05) is 18.0 Å². The fourth-order valence-corrected chi connectivity index (χ4v) is 4.33. The molecule has 1 N–H and O–H groups in total. The van der Waals surface area contributed by atoms with Gasteiger partial charge < -0.3 is 10.1 Å². The minimum Gasteiger partial charge on any atom is -0.379 e. The van der Waals surface area contributed by atoms with Gasteiger partial charge in [-0.05, 0) is 37.6 Å². The molecule has 1 saturated heterocycles. The number of rotatable bonds is 7. The number of carbonyl (C=O) groups is 1. The maximum Gasteiger partial charge on any atom is 0.243 e. The van der Waals surface area contributed by atoms with Crippen LogP contribution >= 0.6 is 0 Å². The molecule has 138 valence electrons. The quantitative estimate of drug-likeness (QED) is 0.756. The van der Waals surface area contributed by atoms with Gasteiger partial charge in [-0.2, -0.15) is 4.31 Å². The summed E-state index contributed by atoms with van der Waals surface area (Å²) in [6.45, 7) is 2.44. The number of benzene rings is 1. The van der Waals surface area contributed by atoms with Gasteiger partial charge in [0.05, 0.1) is 24.7 Å². The smallest absolute Gasteiger partial charge is 0.243 e. The van der Waals surface area contributed by atoms with Crippen molar-refractivity contribution in [1.82, 2.24) is 14.5 Å². The van der Waals surface area contributed by atoms with E-state index < -0.39 is 10.0 Å². The lowest BCUT2D eigenvalue weighted by Gasteiger charge is -2.26. The van der Waals surface area contributed by atoms with Crippen LogP contribution in [-0.4, -0.2) is 69.5 Å². The molecule has 1 aliphatic carbocycles. The van der Waals surface area contributed by atoms with Crippen LogP contribution in [0.1, 0.15) is 18.4 Å². The minimum absolute atomic E-state index is 0.0158. The van der Waals surface area contributed by atoms with Gasteiger partial charge in [-0.3, -0.25) is 9.69 Å². The second-order valence-electron chi connectivity index (χ2n) is 6.68. The van der Waals surface area contributed by atoms with Gasteiger partial charge in [-0.15, -0.1) is 0 Å². The highest BCUT2D eigenvalue weighted by Crippen LogP contribution is 2.20. The number of nitrogens with zero attached hydrogens (tertiary/aromatic N) is 2. The van der Waals surface area contributed by atoms with E-state index in [9.17, 15) is 13.2 Å². The fourth-order valence-electron chi connectivity index (χ4n) is 2.85. The molecular weight excluding hydrogens is 342 g/mol. The third-order valence-electron chi connectivity index (χ3n) is 4.31. The molecule has 0 bridgehead atoms. The molecule has 2 fully saturated rings. The Kier molecular flexibility index (Phi) is 5.73. The monoisotopic (exact) mass is 367 g/mol. The van der Waals surface area contributed by atoms with Crippen LogP contribution in [-0.2, 0) is 26.1 Å². The van der Waals surface area contributed by atoms with E-state index in [4.69, 9.17) is 4.74 Å². The van der Waals surface area contributed by atoms with Crippen molar-refractivity contribution in [2.24, 2.45) is 0 Å². The first kappa shape index (κ1) is 18.3. The van der Waals surface area contributed by atoms with E-state index in [1.165, 1.54) is 4.31 Å². The lowest BCUT2D eigenvalue weighted by molar-refractivity contribution is -0.122. The van der Waals surface area contributed by atoms with Crippen molar-refractivity contribution in [2.45, 2.75) is 30.3 Å². The van der Waals surface area contributed by atoms with Gasteiger partial charge >= 0.3 is 0 Å². The molecule has 1 aromatic rings. The maximum atomic E-state index is 12.7. The van der Waals surface area contributed by atoms with Crippen LogP contribution in [0.25, 0.3) is 0 Å². The van der Waals surface area contributed by atoms with Crippen LogP contribution in [0.3, 0.4) is 0 Å². The van der Waals surface area contributed by atoms with Crippen molar-refractivity contribution in [3.05, 3.63) is 29.8 Å². The molecule has 1 saturated carbocycles. The average Bonchev–Trinajstić information content (AvgIpc) is 3.39. The summed E-state index contributed by atoms with van der Waals surface area (Å²) < 4.78 is 32.1. The van der Waals surface area contributed by atoms with Crippen LogP contribution in [0.15, 0.2) is 29.2 Å². The van der Waals surface area contributed by atoms with Crippen molar-refractivity contribution >= 4 is 15.9 Å². The predicted molar refractivity (Wildman–Crippen MR) is 93.5 cm³/mol. The molecule has 1 heterocycles. The van der Waals surface area contributed by atoms with E-state index in [-0.39, 0.29) is 5.91 Å². The van der Waals surface area contributed by atoms with Crippen molar-refractivity contribution in [3.63, 3.8) is 0 Å². The van der Waals surface area contributed by atoms with Crippen LogP contribution < -0.4 is 5.32 Å². The lowest BCUT2D eigenvalue weighted by Crippen LogP contribution is -2.40. The molecule has 8 heteroatoms. The first-order valence-electron chi connectivity index (χ1n) is 8.60. The molecule has 0 spiro atoms. The number of nitrogens with one attached hydrogen (secondary N) is 1. The Morgan fingerprint density at radius 3 is 2.72 bits per heavy atom. The number of carbonyl (C=O) groups excluding carboxylic acids is 1. The number of sulfonamides is 1. The van der Waals surface area contributed by atoms with Gasteiger partial charge in [0.1, 0.15) is 0 Å². The minimum atomic E-state index is -3.50. The standard InChI is InChI=1S/C17H25N3O4S/c1-19(13-17(21)18-15-5-6-15)12-14-3-2-4-16(11-14)25(22,23)20-7-9-24-10-8-20/h2-4,11,15H,5-10,12-13H2,1H3,(H,18,21). The largest absolute Gasteiger partial charge is 0.379 e. The third-order valence-corrected chi connectivity index (χ3v) is 6.21. The Balaban J connectivity index is 1.63. The molecule has 0 unspecified atom stereocenters. The number of likely N-dealkylation sites (N-methyl/N-ethyl adjacent to an activating group) is 1. The van der Waals surface area contributed by atoms with Gasteiger partial charge in [-0.25, -0.2) is 8.42 Å². The van der Waals surface area contributed by atoms with Crippen molar-refractivity contribution in [1.29, 1.82) is 0 Å². The zero-order valence-electron chi connectivity index (χ0n) is 14.5. The number of ether oxygens (including phenoxy) is 1. The Hall–Kier alpha value is -1.48. The van der Waals surface area contributed by atoms with Crippen molar-refractivity contribution < 1.29 is 17.9 Å². The number of hydrogen-bond donors (Lipinski definition) is 1. The Labute approximate surface area is 149 Å². The highest BCUT2D eigenvalue weighted by Gasteiger charge is 2.26. The highest BCUT2D eigenvalue weighted by molar-refractivity contribution is 7.89. The van der Waals surface area contributed by atoms with E-state index in [2.05, 4.69) is 5.32 Å². The summed E-state index contributed by atoms with van der Waals surface area (Å²) in [6, 6.07) is 7.30. The Morgan fingerprint density at radius 1 is 1.32 bits per heavy atom. The van der Waals surface area contributed by atoms with Gasteiger partial charge in [0.2, 0.25) is 15.9 Å². The molecule has 2 aliphatic rings. The normalized spacial score (nSPS) is 19.1.